The number of nitro benzene ring substituents is 1. The fraction of sp³-hybridized carbons (Fsp3) is 0.200. The Labute approximate surface area is 105 Å². The molecule has 0 aromatic heterocycles. The summed E-state index contributed by atoms with van der Waals surface area (Å²) in [7, 11) is 1.01. The van der Waals surface area contributed by atoms with E-state index in [0.29, 0.717) is 0 Å². The van der Waals surface area contributed by atoms with Crippen molar-refractivity contribution in [2.24, 2.45) is 0 Å². The van der Waals surface area contributed by atoms with E-state index in [9.17, 15) is 23.7 Å². The lowest BCUT2D eigenvalue weighted by atomic mass is 10.1. The number of nitro groups is 1. The number of methoxy groups -OCH3 is 1. The van der Waals surface area contributed by atoms with Gasteiger partial charge in [0, 0.05) is 6.07 Å². The Morgan fingerprint density at radius 3 is 2.58 bits per heavy atom. The predicted octanol–water partition coefficient (Wildman–Crippen LogP) is 1.85. The highest BCUT2D eigenvalue weighted by Crippen LogP contribution is 2.34. The summed E-state index contributed by atoms with van der Waals surface area (Å²) >= 11 is 0. The number of carbonyl (C=O) groups excluding carboxylic acids is 1. The lowest BCUT2D eigenvalue weighted by molar-refractivity contribution is -0.386. The summed E-state index contributed by atoms with van der Waals surface area (Å²) in [6, 6.07) is 3.13. The lowest BCUT2D eigenvalue weighted by Gasteiger charge is -2.09. The molecular weight excluding hydrogens is 266 g/mol. The zero-order valence-corrected chi connectivity index (χ0v) is 9.42. The second-order valence-electron chi connectivity index (χ2n) is 3.08. The minimum atomic E-state index is -3.38. The number of halogens is 2. The largest absolute Gasteiger partial charge is 0.465 e. The van der Waals surface area contributed by atoms with E-state index in [2.05, 4.69) is 9.47 Å². The number of hydrogen-bond donors (Lipinski definition) is 0. The number of ether oxygens (including phenoxy) is 2. The van der Waals surface area contributed by atoms with Crippen LogP contribution in [0.5, 0.6) is 5.75 Å². The first-order chi connectivity index (χ1) is 8.92. The van der Waals surface area contributed by atoms with Gasteiger partial charge in [0.1, 0.15) is 11.6 Å². The monoisotopic (exact) mass is 272 g/mol. The van der Waals surface area contributed by atoms with Gasteiger partial charge < -0.3 is 9.47 Å². The molecule has 0 fully saturated rings. The summed E-state index contributed by atoms with van der Waals surface area (Å²) in [5, 5.41) is 19.5. The van der Waals surface area contributed by atoms with E-state index in [0.717, 1.165) is 19.2 Å². The molecule has 0 radical (unpaired) electrons. The maximum absolute atomic E-state index is 12.2. The average molecular weight is 272 g/mol. The molecule has 0 aliphatic heterocycles. The third-order valence-electron chi connectivity index (χ3n) is 2.06. The molecule has 100 valence electrons. The molecule has 7 nitrogen and oxygen atoms in total. The van der Waals surface area contributed by atoms with Gasteiger partial charge in [0.2, 0.25) is 5.75 Å². The van der Waals surface area contributed by atoms with Gasteiger partial charge in [0.25, 0.3) is 0 Å². The highest BCUT2D eigenvalue weighted by atomic mass is 19.3. The minimum absolute atomic E-state index is 0.397. The van der Waals surface area contributed by atoms with Gasteiger partial charge in [0.15, 0.2) is 0 Å². The van der Waals surface area contributed by atoms with Gasteiger partial charge in [-0.2, -0.15) is 14.0 Å². The molecule has 0 saturated heterocycles. The van der Waals surface area contributed by atoms with Crippen LogP contribution < -0.4 is 4.74 Å². The van der Waals surface area contributed by atoms with E-state index < -0.39 is 40.1 Å². The fourth-order valence-electron chi connectivity index (χ4n) is 1.31. The quantitative estimate of drug-likeness (QED) is 0.470. The number of rotatable bonds is 4. The van der Waals surface area contributed by atoms with Crippen molar-refractivity contribution in [3.63, 3.8) is 0 Å². The summed E-state index contributed by atoms with van der Waals surface area (Å²) in [5.74, 6) is -1.96. The first-order valence-electron chi connectivity index (χ1n) is 4.67. The highest BCUT2D eigenvalue weighted by Gasteiger charge is 2.27. The summed E-state index contributed by atoms with van der Waals surface area (Å²) < 4.78 is 32.7. The van der Waals surface area contributed by atoms with Crippen molar-refractivity contribution in [1.82, 2.24) is 0 Å². The maximum atomic E-state index is 12.2. The molecule has 0 atom stereocenters. The lowest BCUT2D eigenvalue weighted by Crippen LogP contribution is -2.11. The van der Waals surface area contributed by atoms with Crippen molar-refractivity contribution in [2.45, 2.75) is 6.61 Å². The second kappa shape index (κ2) is 5.72. The van der Waals surface area contributed by atoms with Gasteiger partial charge >= 0.3 is 18.3 Å². The highest BCUT2D eigenvalue weighted by molar-refractivity contribution is 5.94. The Balaban J connectivity index is 3.55. The number of benzene rings is 1. The van der Waals surface area contributed by atoms with Crippen molar-refractivity contribution in [1.29, 1.82) is 5.26 Å². The van der Waals surface area contributed by atoms with Crippen LogP contribution in [0.25, 0.3) is 0 Å². The summed E-state index contributed by atoms with van der Waals surface area (Å²) in [4.78, 5) is 21.0. The van der Waals surface area contributed by atoms with E-state index in [1.54, 1.807) is 0 Å². The first kappa shape index (κ1) is 14.3. The molecule has 0 aliphatic carbocycles. The second-order valence-corrected chi connectivity index (χ2v) is 3.08. The Morgan fingerprint density at radius 2 is 2.16 bits per heavy atom. The molecule has 0 bridgehead atoms. The minimum Gasteiger partial charge on any atom is -0.465 e. The van der Waals surface area contributed by atoms with Crippen LogP contribution >= 0.6 is 0 Å². The van der Waals surface area contributed by atoms with Gasteiger partial charge in [-0.15, -0.1) is 0 Å². The number of alkyl halides is 2. The van der Waals surface area contributed by atoms with Crippen LogP contribution in [-0.2, 0) is 4.74 Å². The Hall–Kier alpha value is -2.76. The van der Waals surface area contributed by atoms with Gasteiger partial charge in [-0.3, -0.25) is 10.1 Å². The van der Waals surface area contributed by atoms with Crippen LogP contribution in [0.4, 0.5) is 14.5 Å². The van der Waals surface area contributed by atoms with Gasteiger partial charge in [-0.05, 0) is 6.07 Å². The van der Waals surface area contributed by atoms with E-state index in [4.69, 9.17) is 5.26 Å². The van der Waals surface area contributed by atoms with Gasteiger partial charge in [0.05, 0.1) is 17.6 Å². The molecule has 0 saturated carbocycles. The molecule has 0 heterocycles. The van der Waals surface area contributed by atoms with E-state index in [-0.39, 0.29) is 0 Å². The van der Waals surface area contributed by atoms with Crippen LogP contribution in [0.15, 0.2) is 12.1 Å². The van der Waals surface area contributed by atoms with E-state index in [1.807, 2.05) is 0 Å². The molecule has 1 aromatic rings. The van der Waals surface area contributed by atoms with Crippen LogP contribution in [0.1, 0.15) is 15.9 Å². The molecule has 9 heteroatoms. The zero-order chi connectivity index (χ0) is 14.6. The van der Waals surface area contributed by atoms with Crippen molar-refractivity contribution in [3.8, 4) is 11.8 Å². The van der Waals surface area contributed by atoms with Crippen molar-refractivity contribution >= 4 is 11.7 Å². The van der Waals surface area contributed by atoms with Gasteiger partial charge in [-0.25, -0.2) is 4.79 Å². The molecular formula is C10H6F2N2O5. The van der Waals surface area contributed by atoms with Crippen LogP contribution in [0.3, 0.4) is 0 Å². The molecule has 19 heavy (non-hydrogen) atoms. The third kappa shape index (κ3) is 2.92. The fourth-order valence-corrected chi connectivity index (χ4v) is 1.31. The maximum Gasteiger partial charge on any atom is 0.387 e. The van der Waals surface area contributed by atoms with Crippen molar-refractivity contribution < 1.29 is 28.0 Å². The predicted molar refractivity (Wildman–Crippen MR) is 55.8 cm³/mol. The zero-order valence-electron chi connectivity index (χ0n) is 9.42. The van der Waals surface area contributed by atoms with E-state index >= 15 is 0 Å². The topological polar surface area (TPSA) is 102 Å². The summed E-state index contributed by atoms with van der Waals surface area (Å²) in [6.45, 7) is -3.38. The molecule has 1 rings (SSSR count). The molecule has 0 N–H and O–H groups in total. The Morgan fingerprint density at radius 1 is 1.53 bits per heavy atom. The van der Waals surface area contributed by atoms with Crippen molar-refractivity contribution in [3.05, 3.63) is 33.4 Å². The molecule has 0 spiro atoms. The van der Waals surface area contributed by atoms with E-state index in [1.165, 1.54) is 6.07 Å². The number of carbonyl (C=O) groups is 1. The van der Waals surface area contributed by atoms with Crippen molar-refractivity contribution in [2.75, 3.05) is 7.11 Å². The Kier molecular flexibility index (Phi) is 4.31. The molecule has 0 aliphatic rings. The SMILES string of the molecule is COC(=O)c1ccc([N+](=O)[O-])c(OC(F)F)c1C#N. The average Bonchev–Trinajstić information content (AvgIpc) is 2.36. The number of hydrogen-bond acceptors (Lipinski definition) is 6. The Bertz CT molecular complexity index is 568. The molecule has 0 amide bonds. The van der Waals surface area contributed by atoms with Crippen LogP contribution in [-0.4, -0.2) is 24.6 Å². The van der Waals surface area contributed by atoms with Gasteiger partial charge in [-0.1, -0.05) is 0 Å². The molecule has 1 aromatic carbocycles. The smallest absolute Gasteiger partial charge is 0.387 e. The number of esters is 1. The number of nitrogens with zero attached hydrogens (tertiary/aromatic N) is 2. The third-order valence-corrected chi connectivity index (χ3v) is 2.06. The summed E-state index contributed by atoms with van der Waals surface area (Å²) in [6.07, 6.45) is 0. The number of nitriles is 1. The normalized spacial score (nSPS) is 9.84. The van der Waals surface area contributed by atoms with Crippen LogP contribution in [0.2, 0.25) is 0 Å². The standard InChI is InChI=1S/C10H6F2N2O5/c1-18-9(15)5-2-3-7(14(16)17)8(6(5)4-13)19-10(11)12/h2-3,10H,1H3. The first-order valence-corrected chi connectivity index (χ1v) is 4.67. The summed E-state index contributed by atoms with van der Waals surface area (Å²) in [5.41, 5.74) is -1.92. The molecule has 0 unspecified atom stereocenters. The van der Waals surface area contributed by atoms with Crippen LogP contribution in [0, 0.1) is 21.4 Å².